The number of nitrogens with zero attached hydrogens (tertiary/aromatic N) is 1. The van der Waals surface area contributed by atoms with Gasteiger partial charge in [-0.15, -0.1) is 17.9 Å². The molecule has 28 heavy (non-hydrogen) atoms. The van der Waals surface area contributed by atoms with E-state index in [1.165, 1.54) is 10.4 Å². The zero-order valence-corrected chi connectivity index (χ0v) is 17.3. The van der Waals surface area contributed by atoms with Crippen LogP contribution in [0.3, 0.4) is 0 Å². The highest BCUT2D eigenvalue weighted by Crippen LogP contribution is 2.37. The second-order valence-corrected chi connectivity index (χ2v) is 8.32. The molecule has 1 saturated heterocycles. The van der Waals surface area contributed by atoms with Crippen molar-refractivity contribution < 1.29 is 9.59 Å². The first-order chi connectivity index (χ1) is 13.6. The summed E-state index contributed by atoms with van der Waals surface area (Å²) in [5.74, 6) is 0.234. The molecule has 4 nitrogen and oxygen atoms in total. The molecule has 0 aliphatic carbocycles. The first-order valence-corrected chi connectivity index (χ1v) is 10.8. The van der Waals surface area contributed by atoms with Gasteiger partial charge in [-0.3, -0.25) is 9.59 Å². The lowest BCUT2D eigenvalue weighted by atomic mass is 9.72. The van der Waals surface area contributed by atoms with Crippen molar-refractivity contribution in [3.8, 4) is 10.4 Å². The van der Waals surface area contributed by atoms with Gasteiger partial charge in [0.1, 0.15) is 0 Å². The Morgan fingerprint density at radius 3 is 2.68 bits per heavy atom. The summed E-state index contributed by atoms with van der Waals surface area (Å²) in [6, 6.07) is 12.6. The van der Waals surface area contributed by atoms with Gasteiger partial charge in [-0.25, -0.2) is 0 Å². The van der Waals surface area contributed by atoms with E-state index in [9.17, 15) is 9.59 Å². The third kappa shape index (κ3) is 4.53. The highest BCUT2D eigenvalue weighted by molar-refractivity contribution is 7.13. The van der Waals surface area contributed by atoms with Crippen molar-refractivity contribution in [2.75, 3.05) is 19.6 Å². The summed E-state index contributed by atoms with van der Waals surface area (Å²) in [6.07, 6.45) is 4.27. The molecule has 1 aromatic heterocycles. The summed E-state index contributed by atoms with van der Waals surface area (Å²) in [7, 11) is 0. The second-order valence-electron chi connectivity index (χ2n) is 7.37. The summed E-state index contributed by atoms with van der Waals surface area (Å²) < 4.78 is 0. The van der Waals surface area contributed by atoms with Crippen molar-refractivity contribution in [2.45, 2.75) is 32.6 Å². The lowest BCUT2D eigenvalue weighted by Gasteiger charge is -2.41. The van der Waals surface area contributed by atoms with Crippen molar-refractivity contribution in [3.05, 3.63) is 60.0 Å². The maximum atomic E-state index is 13.1. The van der Waals surface area contributed by atoms with Crippen LogP contribution in [0.15, 0.2) is 54.4 Å². The number of carbonyl (C=O) groups is 2. The van der Waals surface area contributed by atoms with E-state index in [4.69, 9.17) is 0 Å². The number of piperidine rings is 1. The van der Waals surface area contributed by atoms with Gasteiger partial charge in [0.05, 0.1) is 5.41 Å². The maximum absolute atomic E-state index is 13.1. The summed E-state index contributed by atoms with van der Waals surface area (Å²) in [5, 5.41) is 5.08. The number of carbonyl (C=O) groups excluding carboxylic acids is 2. The number of likely N-dealkylation sites (tertiary alicyclic amines) is 1. The first-order valence-electron chi connectivity index (χ1n) is 9.88. The van der Waals surface area contributed by atoms with Crippen molar-refractivity contribution in [3.63, 3.8) is 0 Å². The molecule has 2 amide bonds. The fourth-order valence-corrected chi connectivity index (χ4v) is 4.64. The minimum absolute atomic E-state index is 0.0672. The van der Waals surface area contributed by atoms with E-state index in [2.05, 4.69) is 53.7 Å². The fraction of sp³-hybridized carbons (Fsp3) is 0.391. The molecule has 0 saturated carbocycles. The van der Waals surface area contributed by atoms with Crippen molar-refractivity contribution >= 4 is 23.2 Å². The summed E-state index contributed by atoms with van der Waals surface area (Å²) in [5.41, 5.74) is 1.87. The third-order valence-electron chi connectivity index (χ3n) is 5.54. The molecule has 148 valence electrons. The summed E-state index contributed by atoms with van der Waals surface area (Å²) in [6.45, 7) is 7.33. The van der Waals surface area contributed by atoms with E-state index in [1.807, 2.05) is 11.8 Å². The highest BCUT2D eigenvalue weighted by atomic mass is 32.1. The SMILES string of the molecule is C=CCNC(=O)C1(Cc2cccc(-c3cccs3)c2)CCN(C(=O)CC)CC1. The van der Waals surface area contributed by atoms with Crippen LogP contribution in [0.2, 0.25) is 0 Å². The number of nitrogens with one attached hydrogen (secondary N) is 1. The number of rotatable bonds is 7. The number of thiophene rings is 1. The molecule has 1 aliphatic heterocycles. The number of hydrogen-bond donors (Lipinski definition) is 1. The quantitative estimate of drug-likeness (QED) is 0.710. The van der Waals surface area contributed by atoms with E-state index in [-0.39, 0.29) is 11.8 Å². The van der Waals surface area contributed by atoms with Crippen LogP contribution < -0.4 is 5.32 Å². The number of amides is 2. The summed E-state index contributed by atoms with van der Waals surface area (Å²) in [4.78, 5) is 28.3. The minimum atomic E-state index is -0.485. The van der Waals surface area contributed by atoms with Gasteiger partial charge in [-0.05, 0) is 41.8 Å². The van der Waals surface area contributed by atoms with Crippen molar-refractivity contribution in [1.29, 1.82) is 0 Å². The monoisotopic (exact) mass is 396 g/mol. The Balaban J connectivity index is 1.82. The van der Waals surface area contributed by atoms with Crippen LogP contribution in [0.25, 0.3) is 10.4 Å². The zero-order valence-electron chi connectivity index (χ0n) is 16.4. The normalized spacial score (nSPS) is 15.8. The molecule has 1 aromatic carbocycles. The van der Waals surface area contributed by atoms with Crippen LogP contribution in [-0.4, -0.2) is 36.3 Å². The van der Waals surface area contributed by atoms with Crippen LogP contribution in [-0.2, 0) is 16.0 Å². The average molecular weight is 397 g/mol. The van der Waals surface area contributed by atoms with Gasteiger partial charge < -0.3 is 10.2 Å². The Kier molecular flexibility index (Phi) is 6.68. The van der Waals surface area contributed by atoms with Crippen LogP contribution >= 0.6 is 11.3 Å². The lowest BCUT2D eigenvalue weighted by molar-refractivity contribution is -0.140. The standard InChI is InChI=1S/C23H28N2O2S/c1-3-12-24-22(27)23(10-13-25(14-11-23)21(26)4-2)17-18-7-5-8-19(16-18)20-9-6-15-28-20/h3,5-9,15-16H,1,4,10-14,17H2,2H3,(H,24,27). The molecular formula is C23H28N2O2S. The maximum Gasteiger partial charge on any atom is 0.226 e. The molecule has 0 radical (unpaired) electrons. The molecular weight excluding hydrogens is 368 g/mol. The molecule has 0 bridgehead atoms. The minimum Gasteiger partial charge on any atom is -0.352 e. The predicted octanol–water partition coefficient (Wildman–Crippen LogP) is 4.28. The topological polar surface area (TPSA) is 49.4 Å². The van der Waals surface area contributed by atoms with E-state index in [0.29, 0.717) is 45.3 Å². The average Bonchev–Trinajstić information content (AvgIpc) is 3.27. The van der Waals surface area contributed by atoms with E-state index >= 15 is 0 Å². The van der Waals surface area contributed by atoms with Gasteiger partial charge in [0.2, 0.25) is 11.8 Å². The van der Waals surface area contributed by atoms with Gasteiger partial charge in [-0.2, -0.15) is 0 Å². The van der Waals surface area contributed by atoms with Gasteiger partial charge in [0, 0.05) is 30.9 Å². The Bertz CT molecular complexity index is 821. The number of hydrogen-bond acceptors (Lipinski definition) is 3. The molecule has 0 unspecified atom stereocenters. The molecule has 5 heteroatoms. The molecule has 2 heterocycles. The molecule has 1 N–H and O–H groups in total. The Hall–Kier alpha value is -2.40. The van der Waals surface area contributed by atoms with Crippen LogP contribution in [0.1, 0.15) is 31.7 Å². The Morgan fingerprint density at radius 1 is 1.25 bits per heavy atom. The summed E-state index contributed by atoms with van der Waals surface area (Å²) >= 11 is 1.72. The highest BCUT2D eigenvalue weighted by Gasteiger charge is 2.41. The number of benzene rings is 1. The van der Waals surface area contributed by atoms with Gasteiger partial charge in [0.15, 0.2) is 0 Å². The zero-order chi connectivity index (χ0) is 20.0. The largest absolute Gasteiger partial charge is 0.352 e. The Morgan fingerprint density at radius 2 is 2.04 bits per heavy atom. The molecule has 3 rings (SSSR count). The van der Waals surface area contributed by atoms with Crippen LogP contribution in [0, 0.1) is 5.41 Å². The Labute approximate surface area is 171 Å². The molecule has 0 atom stereocenters. The van der Waals surface area contributed by atoms with E-state index in [0.717, 1.165) is 5.56 Å². The smallest absolute Gasteiger partial charge is 0.226 e. The van der Waals surface area contributed by atoms with Crippen molar-refractivity contribution in [1.82, 2.24) is 10.2 Å². The molecule has 1 aliphatic rings. The molecule has 1 fully saturated rings. The lowest BCUT2D eigenvalue weighted by Crippen LogP contribution is -2.51. The first kappa shape index (κ1) is 20.3. The van der Waals surface area contributed by atoms with Crippen LogP contribution in [0.5, 0.6) is 0 Å². The van der Waals surface area contributed by atoms with Gasteiger partial charge in [0.25, 0.3) is 0 Å². The third-order valence-corrected chi connectivity index (χ3v) is 6.46. The predicted molar refractivity (Wildman–Crippen MR) is 115 cm³/mol. The van der Waals surface area contributed by atoms with Crippen molar-refractivity contribution in [2.24, 2.45) is 5.41 Å². The second kappa shape index (κ2) is 9.20. The molecule has 2 aromatic rings. The molecule has 0 spiro atoms. The van der Waals surface area contributed by atoms with Crippen LogP contribution in [0.4, 0.5) is 0 Å². The van der Waals surface area contributed by atoms with E-state index in [1.54, 1.807) is 17.4 Å². The fourth-order valence-electron chi connectivity index (χ4n) is 3.91. The van der Waals surface area contributed by atoms with Gasteiger partial charge >= 0.3 is 0 Å². The van der Waals surface area contributed by atoms with Gasteiger partial charge in [-0.1, -0.05) is 43.3 Å². The van der Waals surface area contributed by atoms with E-state index < -0.39 is 5.41 Å².